The van der Waals surface area contributed by atoms with Gasteiger partial charge >= 0.3 is 0 Å². The summed E-state index contributed by atoms with van der Waals surface area (Å²) in [6, 6.07) is 12.3. The molecular weight excluding hydrogens is 362 g/mol. The standard InChI is InChI=1S/C19H17N5O2S/c1-13-16(6-4-10-20-13)17-9-8-15(12-21-17)27(25,26)23-18-7-3-5-14-11-22-24(2)19(14)18/h3-12,23H,1-2H3. The number of para-hydroxylation sites is 1. The highest BCUT2D eigenvalue weighted by Crippen LogP contribution is 2.26. The molecule has 27 heavy (non-hydrogen) atoms. The van der Waals surface area contributed by atoms with Gasteiger partial charge in [0, 0.05) is 36.1 Å². The maximum atomic E-state index is 12.8. The molecule has 0 aliphatic rings. The van der Waals surface area contributed by atoms with Gasteiger partial charge in [0.25, 0.3) is 10.0 Å². The fraction of sp³-hybridized carbons (Fsp3) is 0.105. The molecule has 4 rings (SSSR count). The molecule has 1 aromatic carbocycles. The van der Waals surface area contributed by atoms with Crippen LogP contribution in [-0.2, 0) is 17.1 Å². The van der Waals surface area contributed by atoms with Crippen molar-refractivity contribution in [3.63, 3.8) is 0 Å². The number of anilines is 1. The fourth-order valence-corrected chi connectivity index (χ4v) is 3.98. The number of sulfonamides is 1. The molecule has 0 radical (unpaired) electrons. The summed E-state index contributed by atoms with van der Waals surface area (Å²) in [4.78, 5) is 8.64. The first-order valence-electron chi connectivity index (χ1n) is 8.27. The Balaban J connectivity index is 1.68. The van der Waals surface area contributed by atoms with Crippen molar-refractivity contribution in [2.45, 2.75) is 11.8 Å². The fourth-order valence-electron chi connectivity index (χ4n) is 2.97. The molecule has 0 amide bonds. The highest BCUT2D eigenvalue weighted by Gasteiger charge is 2.18. The molecule has 1 N–H and O–H groups in total. The van der Waals surface area contributed by atoms with Crippen LogP contribution in [0.4, 0.5) is 5.69 Å². The van der Waals surface area contributed by atoms with Crippen molar-refractivity contribution in [1.82, 2.24) is 19.7 Å². The van der Waals surface area contributed by atoms with Gasteiger partial charge in [0.05, 0.1) is 23.1 Å². The average molecular weight is 379 g/mol. The van der Waals surface area contributed by atoms with Crippen molar-refractivity contribution in [2.75, 3.05) is 4.72 Å². The first-order valence-corrected chi connectivity index (χ1v) is 9.75. The van der Waals surface area contributed by atoms with Crippen molar-refractivity contribution in [1.29, 1.82) is 0 Å². The minimum Gasteiger partial charge on any atom is -0.277 e. The molecule has 3 aromatic heterocycles. The Bertz CT molecular complexity index is 1230. The van der Waals surface area contributed by atoms with Gasteiger partial charge in [0.15, 0.2) is 0 Å². The van der Waals surface area contributed by atoms with E-state index in [1.807, 2.05) is 25.1 Å². The molecule has 0 aliphatic heterocycles. The van der Waals surface area contributed by atoms with E-state index in [0.29, 0.717) is 11.4 Å². The lowest BCUT2D eigenvalue weighted by atomic mass is 10.1. The predicted molar refractivity (Wildman–Crippen MR) is 104 cm³/mol. The van der Waals surface area contributed by atoms with Crippen molar-refractivity contribution in [3.05, 3.63) is 66.7 Å². The highest BCUT2D eigenvalue weighted by atomic mass is 32.2. The number of rotatable bonds is 4. The Morgan fingerprint density at radius 2 is 1.85 bits per heavy atom. The summed E-state index contributed by atoms with van der Waals surface area (Å²) < 4.78 is 29.9. The number of fused-ring (bicyclic) bond motifs is 1. The molecule has 7 nitrogen and oxygen atoms in total. The summed E-state index contributed by atoms with van der Waals surface area (Å²) in [5.41, 5.74) is 3.57. The summed E-state index contributed by atoms with van der Waals surface area (Å²) >= 11 is 0. The number of nitrogens with zero attached hydrogens (tertiary/aromatic N) is 4. The van der Waals surface area contributed by atoms with Crippen LogP contribution in [0, 0.1) is 6.92 Å². The molecular formula is C19H17N5O2S. The van der Waals surface area contributed by atoms with Gasteiger partial charge in [0.1, 0.15) is 4.90 Å². The third-order valence-electron chi connectivity index (χ3n) is 4.33. The molecule has 0 saturated heterocycles. The zero-order valence-corrected chi connectivity index (χ0v) is 15.6. The van der Waals surface area contributed by atoms with Crippen molar-refractivity contribution in [3.8, 4) is 11.3 Å². The van der Waals surface area contributed by atoms with Gasteiger partial charge in [-0.3, -0.25) is 19.4 Å². The van der Waals surface area contributed by atoms with Crippen LogP contribution in [0.1, 0.15) is 5.69 Å². The molecule has 8 heteroatoms. The number of pyridine rings is 2. The van der Waals surface area contributed by atoms with Gasteiger partial charge in [-0.1, -0.05) is 12.1 Å². The molecule has 0 unspecified atom stereocenters. The Hall–Kier alpha value is -3.26. The quantitative estimate of drug-likeness (QED) is 0.588. The first-order chi connectivity index (χ1) is 13.0. The molecule has 4 aromatic rings. The van der Waals surface area contributed by atoms with E-state index in [2.05, 4.69) is 19.8 Å². The van der Waals surface area contributed by atoms with Crippen LogP contribution in [0.3, 0.4) is 0 Å². The van der Waals surface area contributed by atoms with Gasteiger partial charge in [0.2, 0.25) is 0 Å². The van der Waals surface area contributed by atoms with Crippen LogP contribution in [0.5, 0.6) is 0 Å². The van der Waals surface area contributed by atoms with Crippen LogP contribution in [0.25, 0.3) is 22.2 Å². The second kappa shape index (κ2) is 6.48. The molecule has 3 heterocycles. The number of benzene rings is 1. The Kier molecular flexibility index (Phi) is 4.12. The molecule has 136 valence electrons. The Morgan fingerprint density at radius 3 is 2.59 bits per heavy atom. The Morgan fingerprint density at radius 1 is 1.00 bits per heavy atom. The van der Waals surface area contributed by atoms with E-state index in [1.54, 1.807) is 48.4 Å². The monoisotopic (exact) mass is 379 g/mol. The first kappa shape index (κ1) is 17.2. The van der Waals surface area contributed by atoms with Gasteiger partial charge < -0.3 is 0 Å². The number of hydrogen-bond donors (Lipinski definition) is 1. The van der Waals surface area contributed by atoms with E-state index in [0.717, 1.165) is 22.2 Å². The predicted octanol–water partition coefficient (Wildman–Crippen LogP) is 3.14. The molecule has 0 fully saturated rings. The van der Waals surface area contributed by atoms with E-state index in [1.165, 1.54) is 6.20 Å². The van der Waals surface area contributed by atoms with Gasteiger partial charge in [-0.05, 0) is 37.3 Å². The van der Waals surface area contributed by atoms with Crippen LogP contribution < -0.4 is 4.72 Å². The zero-order chi connectivity index (χ0) is 19.0. The molecule has 0 saturated carbocycles. The Labute approximate surface area is 156 Å². The van der Waals surface area contributed by atoms with E-state index < -0.39 is 10.0 Å². The summed E-state index contributed by atoms with van der Waals surface area (Å²) in [5, 5.41) is 5.04. The highest BCUT2D eigenvalue weighted by molar-refractivity contribution is 7.92. The number of aromatic nitrogens is 4. The van der Waals surface area contributed by atoms with E-state index in [-0.39, 0.29) is 4.90 Å². The average Bonchev–Trinajstić information content (AvgIpc) is 3.04. The van der Waals surface area contributed by atoms with Crippen molar-refractivity contribution in [2.24, 2.45) is 7.05 Å². The largest absolute Gasteiger partial charge is 0.277 e. The van der Waals surface area contributed by atoms with E-state index in [4.69, 9.17) is 0 Å². The summed E-state index contributed by atoms with van der Waals surface area (Å²) in [7, 11) is -2.01. The maximum Gasteiger partial charge on any atom is 0.263 e. The summed E-state index contributed by atoms with van der Waals surface area (Å²) in [6.45, 7) is 1.89. The topological polar surface area (TPSA) is 89.8 Å². The summed E-state index contributed by atoms with van der Waals surface area (Å²) in [5.74, 6) is 0. The van der Waals surface area contributed by atoms with Gasteiger partial charge in [-0.25, -0.2) is 8.42 Å². The van der Waals surface area contributed by atoms with Crippen LogP contribution >= 0.6 is 0 Å². The second-order valence-electron chi connectivity index (χ2n) is 6.13. The summed E-state index contributed by atoms with van der Waals surface area (Å²) in [6.07, 6.45) is 4.76. The maximum absolute atomic E-state index is 12.8. The van der Waals surface area contributed by atoms with Crippen LogP contribution in [0.2, 0.25) is 0 Å². The van der Waals surface area contributed by atoms with E-state index >= 15 is 0 Å². The number of hydrogen-bond acceptors (Lipinski definition) is 5. The second-order valence-corrected chi connectivity index (χ2v) is 7.81. The van der Waals surface area contributed by atoms with Crippen LogP contribution in [0.15, 0.2) is 66.0 Å². The molecule has 0 atom stereocenters. The normalized spacial score (nSPS) is 11.6. The molecule has 0 spiro atoms. The minimum absolute atomic E-state index is 0.0898. The third kappa shape index (κ3) is 3.15. The third-order valence-corrected chi connectivity index (χ3v) is 5.69. The minimum atomic E-state index is -3.78. The van der Waals surface area contributed by atoms with Gasteiger partial charge in [-0.15, -0.1) is 0 Å². The number of nitrogens with one attached hydrogen (secondary N) is 1. The number of aryl methyl sites for hydroxylation is 2. The lowest BCUT2D eigenvalue weighted by molar-refractivity contribution is 0.601. The lowest BCUT2D eigenvalue weighted by Crippen LogP contribution is -2.14. The SMILES string of the molecule is Cc1ncccc1-c1ccc(S(=O)(=O)Nc2cccc3cnn(C)c23)cn1. The molecule has 0 aliphatic carbocycles. The van der Waals surface area contributed by atoms with Crippen molar-refractivity contribution >= 4 is 26.6 Å². The van der Waals surface area contributed by atoms with E-state index in [9.17, 15) is 8.42 Å². The lowest BCUT2D eigenvalue weighted by Gasteiger charge is -2.10. The molecule has 0 bridgehead atoms. The zero-order valence-electron chi connectivity index (χ0n) is 14.8. The van der Waals surface area contributed by atoms with Crippen LogP contribution in [-0.4, -0.2) is 28.2 Å². The van der Waals surface area contributed by atoms with Gasteiger partial charge in [-0.2, -0.15) is 5.10 Å². The van der Waals surface area contributed by atoms with Crippen molar-refractivity contribution < 1.29 is 8.42 Å². The smallest absolute Gasteiger partial charge is 0.263 e.